The van der Waals surface area contributed by atoms with E-state index in [1.165, 1.54) is 7.11 Å². The van der Waals surface area contributed by atoms with Gasteiger partial charge in [0, 0.05) is 11.6 Å². The van der Waals surface area contributed by atoms with Crippen LogP contribution in [0.25, 0.3) is 0 Å². The fourth-order valence-electron chi connectivity index (χ4n) is 1.76. The lowest BCUT2D eigenvalue weighted by Gasteiger charge is -2.19. The predicted octanol–water partition coefficient (Wildman–Crippen LogP) is 3.77. The molecule has 0 aliphatic rings. The number of methoxy groups -OCH3 is 1. The maximum absolute atomic E-state index is 12.4. The summed E-state index contributed by atoms with van der Waals surface area (Å²) < 4.78 is 42.2. The maximum atomic E-state index is 12.4. The lowest BCUT2D eigenvalue weighted by atomic mass is 9.96. The number of ether oxygens (including phenoxy) is 1. The van der Waals surface area contributed by atoms with Crippen molar-refractivity contribution < 1.29 is 17.9 Å². The molecule has 0 saturated heterocycles. The van der Waals surface area contributed by atoms with Crippen LogP contribution in [-0.4, -0.2) is 13.3 Å². The van der Waals surface area contributed by atoms with Crippen molar-refractivity contribution in [3.63, 3.8) is 0 Å². The normalized spacial score (nSPS) is 13.8. The molecule has 102 valence electrons. The molecule has 1 aromatic rings. The molecule has 0 heterocycles. The Hall–Kier alpha value is -1.23. The second-order valence-electron chi connectivity index (χ2n) is 4.58. The van der Waals surface area contributed by atoms with Crippen molar-refractivity contribution in [2.45, 2.75) is 38.4 Å². The molecule has 1 aromatic carbocycles. The highest BCUT2D eigenvalue weighted by Crippen LogP contribution is 2.34. The Morgan fingerprint density at radius 1 is 1.28 bits per heavy atom. The van der Waals surface area contributed by atoms with E-state index >= 15 is 0 Å². The van der Waals surface area contributed by atoms with E-state index in [1.807, 2.05) is 19.9 Å². The first kappa shape index (κ1) is 14.8. The Balaban J connectivity index is 3.07. The molecule has 0 radical (unpaired) electrons. The van der Waals surface area contributed by atoms with Gasteiger partial charge in [-0.2, -0.15) is 13.2 Å². The lowest BCUT2D eigenvalue weighted by Crippen LogP contribution is -2.21. The Bertz CT molecular complexity index is 402. The van der Waals surface area contributed by atoms with Crippen LogP contribution >= 0.6 is 0 Å². The standard InChI is InChI=1S/C13H18F3NO/c1-8(2)9-4-5-12(18-3)10(6-9)11(17)7-13(14,15)16/h4-6,8,11H,7,17H2,1-3H3/t11-/m0/s1. The van der Waals surface area contributed by atoms with Crippen molar-refractivity contribution in [1.82, 2.24) is 0 Å². The maximum Gasteiger partial charge on any atom is 0.390 e. The van der Waals surface area contributed by atoms with E-state index in [0.29, 0.717) is 11.3 Å². The fourth-order valence-corrected chi connectivity index (χ4v) is 1.76. The number of hydrogen-bond acceptors (Lipinski definition) is 2. The second kappa shape index (κ2) is 5.61. The number of hydrogen-bond donors (Lipinski definition) is 1. The van der Waals surface area contributed by atoms with E-state index in [-0.39, 0.29) is 5.92 Å². The smallest absolute Gasteiger partial charge is 0.390 e. The third-order valence-corrected chi connectivity index (χ3v) is 2.77. The molecule has 2 nitrogen and oxygen atoms in total. The van der Waals surface area contributed by atoms with Crippen molar-refractivity contribution >= 4 is 0 Å². The Kier molecular flexibility index (Phi) is 4.62. The van der Waals surface area contributed by atoms with E-state index in [9.17, 15) is 13.2 Å². The van der Waals surface area contributed by atoms with Gasteiger partial charge in [-0.1, -0.05) is 26.0 Å². The van der Waals surface area contributed by atoms with E-state index in [2.05, 4.69) is 0 Å². The van der Waals surface area contributed by atoms with Gasteiger partial charge in [-0.25, -0.2) is 0 Å². The molecule has 1 rings (SSSR count). The number of benzene rings is 1. The van der Waals surface area contributed by atoms with Crippen molar-refractivity contribution in [2.24, 2.45) is 5.73 Å². The van der Waals surface area contributed by atoms with Gasteiger partial charge in [0.2, 0.25) is 0 Å². The summed E-state index contributed by atoms with van der Waals surface area (Å²) in [6, 6.07) is 4.10. The van der Waals surface area contributed by atoms with Crippen LogP contribution in [0, 0.1) is 0 Å². The first-order valence-electron chi connectivity index (χ1n) is 5.74. The van der Waals surface area contributed by atoms with Crippen LogP contribution in [-0.2, 0) is 0 Å². The molecular weight excluding hydrogens is 243 g/mol. The van der Waals surface area contributed by atoms with E-state index in [1.54, 1.807) is 12.1 Å². The topological polar surface area (TPSA) is 35.2 Å². The number of alkyl halides is 3. The molecule has 0 saturated carbocycles. The van der Waals surface area contributed by atoms with Crippen molar-refractivity contribution in [3.05, 3.63) is 29.3 Å². The molecular formula is C13H18F3NO. The van der Waals surface area contributed by atoms with Gasteiger partial charge < -0.3 is 10.5 Å². The van der Waals surface area contributed by atoms with Crippen molar-refractivity contribution in [2.75, 3.05) is 7.11 Å². The summed E-state index contributed by atoms with van der Waals surface area (Å²) in [4.78, 5) is 0. The molecule has 0 amide bonds. The van der Waals surface area contributed by atoms with Gasteiger partial charge >= 0.3 is 6.18 Å². The van der Waals surface area contributed by atoms with Crippen LogP contribution in [0.3, 0.4) is 0 Å². The minimum absolute atomic E-state index is 0.229. The molecule has 0 unspecified atom stereocenters. The number of rotatable bonds is 4. The molecule has 2 N–H and O–H groups in total. The van der Waals surface area contributed by atoms with Crippen LogP contribution in [0.4, 0.5) is 13.2 Å². The Morgan fingerprint density at radius 3 is 2.33 bits per heavy atom. The fraction of sp³-hybridized carbons (Fsp3) is 0.538. The van der Waals surface area contributed by atoms with Gasteiger partial charge in [-0.3, -0.25) is 0 Å². The number of nitrogens with two attached hydrogens (primary N) is 1. The largest absolute Gasteiger partial charge is 0.496 e. The molecule has 18 heavy (non-hydrogen) atoms. The predicted molar refractivity (Wildman–Crippen MR) is 64.7 cm³/mol. The zero-order valence-corrected chi connectivity index (χ0v) is 10.7. The molecule has 0 bridgehead atoms. The van der Waals surface area contributed by atoms with Crippen LogP contribution in [0.1, 0.15) is 43.4 Å². The second-order valence-corrected chi connectivity index (χ2v) is 4.58. The third kappa shape index (κ3) is 3.91. The Labute approximate surface area is 105 Å². The molecule has 0 aromatic heterocycles. The number of halogens is 3. The summed E-state index contributed by atoms with van der Waals surface area (Å²) in [6.45, 7) is 3.95. The van der Waals surface area contributed by atoms with E-state index in [4.69, 9.17) is 10.5 Å². The molecule has 0 fully saturated rings. The van der Waals surface area contributed by atoms with Gasteiger partial charge in [0.05, 0.1) is 13.5 Å². The zero-order valence-electron chi connectivity index (χ0n) is 10.7. The average molecular weight is 261 g/mol. The minimum Gasteiger partial charge on any atom is -0.496 e. The highest BCUT2D eigenvalue weighted by atomic mass is 19.4. The summed E-state index contributed by atoms with van der Waals surface area (Å²) in [5, 5.41) is 0. The Morgan fingerprint density at radius 2 is 1.89 bits per heavy atom. The SMILES string of the molecule is COc1ccc(C(C)C)cc1[C@@H](N)CC(F)(F)F. The molecule has 5 heteroatoms. The summed E-state index contributed by atoms with van der Waals surface area (Å²) in [5.41, 5.74) is 6.98. The van der Waals surface area contributed by atoms with Crippen molar-refractivity contribution in [3.8, 4) is 5.75 Å². The lowest BCUT2D eigenvalue weighted by molar-refractivity contribution is -0.138. The summed E-state index contributed by atoms with van der Waals surface area (Å²) >= 11 is 0. The van der Waals surface area contributed by atoms with E-state index in [0.717, 1.165) is 5.56 Å². The van der Waals surface area contributed by atoms with Crippen LogP contribution in [0.15, 0.2) is 18.2 Å². The summed E-state index contributed by atoms with van der Waals surface area (Å²) in [6.07, 6.45) is -5.33. The third-order valence-electron chi connectivity index (χ3n) is 2.77. The zero-order chi connectivity index (χ0) is 13.9. The summed E-state index contributed by atoms with van der Waals surface area (Å²) in [5.74, 6) is 0.629. The van der Waals surface area contributed by atoms with Crippen LogP contribution in [0.2, 0.25) is 0 Å². The quantitative estimate of drug-likeness (QED) is 0.895. The first-order chi connectivity index (χ1) is 8.24. The monoisotopic (exact) mass is 261 g/mol. The summed E-state index contributed by atoms with van der Waals surface area (Å²) in [7, 11) is 1.42. The van der Waals surface area contributed by atoms with E-state index < -0.39 is 18.6 Å². The van der Waals surface area contributed by atoms with Gasteiger partial charge in [0.25, 0.3) is 0 Å². The molecule has 1 atom stereocenters. The molecule has 0 aliphatic carbocycles. The average Bonchev–Trinajstić information content (AvgIpc) is 2.25. The highest BCUT2D eigenvalue weighted by Gasteiger charge is 2.32. The van der Waals surface area contributed by atoms with Crippen molar-refractivity contribution in [1.29, 1.82) is 0 Å². The first-order valence-corrected chi connectivity index (χ1v) is 5.74. The highest BCUT2D eigenvalue weighted by molar-refractivity contribution is 5.40. The van der Waals surface area contributed by atoms with Crippen LogP contribution in [0.5, 0.6) is 5.75 Å². The molecule has 0 aliphatic heterocycles. The van der Waals surface area contributed by atoms with Gasteiger partial charge in [0.1, 0.15) is 5.75 Å². The molecule has 0 spiro atoms. The van der Waals surface area contributed by atoms with Gasteiger partial charge in [-0.15, -0.1) is 0 Å². The van der Waals surface area contributed by atoms with Crippen LogP contribution < -0.4 is 10.5 Å². The van der Waals surface area contributed by atoms with Gasteiger partial charge in [0.15, 0.2) is 0 Å². The van der Waals surface area contributed by atoms with Gasteiger partial charge in [-0.05, 0) is 17.5 Å². The minimum atomic E-state index is -4.28.